The maximum Gasteiger partial charge on any atom is 0.361 e. The first kappa shape index (κ1) is 20.1. The van der Waals surface area contributed by atoms with Crippen molar-refractivity contribution in [1.29, 1.82) is 0 Å². The molecule has 1 aliphatic rings. The number of nitrogens with zero attached hydrogens (tertiary/aromatic N) is 2. The van der Waals surface area contributed by atoms with Crippen molar-refractivity contribution in [2.75, 3.05) is 18.6 Å². The molecule has 9 heteroatoms. The molecule has 28 heavy (non-hydrogen) atoms. The first-order chi connectivity index (χ1) is 13.2. The van der Waals surface area contributed by atoms with E-state index in [0.717, 1.165) is 5.56 Å². The van der Waals surface area contributed by atoms with E-state index in [1.54, 1.807) is 19.1 Å². The minimum absolute atomic E-state index is 0.00426. The highest BCUT2D eigenvalue weighted by atomic mass is 32.2. The number of aryl methyl sites for hydroxylation is 1. The standard InChI is InChI=1S/C19H22N2O6S/c1-12-16(20-17(26-12)14-7-5-4-6-8-14)19(23)27-13(2)18(22)21(3)15-9-10-28(24,25)11-15/h4-8,13,15H,9-11H2,1-3H3/t13-,15+/m0/s1. The number of likely N-dealkylation sites (N-methyl/N-ethyl adjacent to an activating group) is 1. The molecule has 3 rings (SSSR count). The summed E-state index contributed by atoms with van der Waals surface area (Å²) in [5, 5.41) is 0. The third-order valence-electron chi connectivity index (χ3n) is 4.75. The summed E-state index contributed by atoms with van der Waals surface area (Å²) in [6.45, 7) is 3.05. The smallest absolute Gasteiger partial charge is 0.361 e. The largest absolute Gasteiger partial charge is 0.448 e. The number of sulfone groups is 1. The van der Waals surface area contributed by atoms with Crippen molar-refractivity contribution in [2.24, 2.45) is 0 Å². The Morgan fingerprint density at radius 1 is 1.29 bits per heavy atom. The van der Waals surface area contributed by atoms with Crippen molar-refractivity contribution in [3.63, 3.8) is 0 Å². The molecule has 1 aromatic carbocycles. The predicted molar refractivity (Wildman–Crippen MR) is 101 cm³/mol. The van der Waals surface area contributed by atoms with Crippen LogP contribution in [0.4, 0.5) is 0 Å². The molecule has 2 heterocycles. The van der Waals surface area contributed by atoms with Crippen LogP contribution in [0.2, 0.25) is 0 Å². The molecule has 0 aliphatic carbocycles. The van der Waals surface area contributed by atoms with E-state index in [-0.39, 0.29) is 23.1 Å². The van der Waals surface area contributed by atoms with E-state index in [1.165, 1.54) is 18.9 Å². The van der Waals surface area contributed by atoms with Crippen LogP contribution in [0.1, 0.15) is 29.6 Å². The Balaban J connectivity index is 1.67. The van der Waals surface area contributed by atoms with Gasteiger partial charge in [0, 0.05) is 18.7 Å². The molecular weight excluding hydrogens is 384 g/mol. The van der Waals surface area contributed by atoms with Gasteiger partial charge in [0.1, 0.15) is 5.76 Å². The van der Waals surface area contributed by atoms with Crippen molar-refractivity contribution in [3.8, 4) is 11.5 Å². The summed E-state index contributed by atoms with van der Waals surface area (Å²) in [7, 11) is -1.60. The normalized spacial score (nSPS) is 19.2. The fraction of sp³-hybridized carbons (Fsp3) is 0.421. The lowest BCUT2D eigenvalue weighted by Crippen LogP contribution is -2.44. The summed E-state index contributed by atoms with van der Waals surface area (Å²) in [5.74, 6) is -0.657. The second-order valence-corrected chi connectivity index (χ2v) is 9.07. The van der Waals surface area contributed by atoms with Crippen molar-refractivity contribution in [3.05, 3.63) is 41.8 Å². The lowest BCUT2D eigenvalue weighted by Gasteiger charge is -2.26. The summed E-state index contributed by atoms with van der Waals surface area (Å²) < 4.78 is 34.0. The van der Waals surface area contributed by atoms with Crippen LogP contribution in [0.3, 0.4) is 0 Å². The Morgan fingerprint density at radius 3 is 2.57 bits per heavy atom. The van der Waals surface area contributed by atoms with Gasteiger partial charge >= 0.3 is 5.97 Å². The van der Waals surface area contributed by atoms with Gasteiger partial charge in [0.05, 0.1) is 11.5 Å². The SMILES string of the molecule is Cc1oc(-c2ccccc2)nc1C(=O)O[C@@H](C)C(=O)N(C)[C@@H]1CCS(=O)(=O)C1. The highest BCUT2D eigenvalue weighted by Crippen LogP contribution is 2.23. The van der Waals surface area contributed by atoms with Crippen LogP contribution in [0, 0.1) is 6.92 Å². The van der Waals surface area contributed by atoms with Crippen LogP contribution >= 0.6 is 0 Å². The van der Waals surface area contributed by atoms with E-state index >= 15 is 0 Å². The van der Waals surface area contributed by atoms with E-state index in [4.69, 9.17) is 9.15 Å². The topological polar surface area (TPSA) is 107 Å². The molecule has 8 nitrogen and oxygen atoms in total. The highest BCUT2D eigenvalue weighted by molar-refractivity contribution is 7.91. The first-order valence-electron chi connectivity index (χ1n) is 8.89. The number of benzene rings is 1. The number of ether oxygens (including phenoxy) is 1. The Bertz CT molecular complexity index is 983. The lowest BCUT2D eigenvalue weighted by atomic mass is 10.2. The van der Waals surface area contributed by atoms with Gasteiger partial charge in [-0.3, -0.25) is 4.79 Å². The number of carbonyl (C=O) groups is 2. The van der Waals surface area contributed by atoms with Crippen LogP contribution in [-0.2, 0) is 19.4 Å². The molecule has 0 unspecified atom stereocenters. The minimum Gasteiger partial charge on any atom is -0.448 e. The van der Waals surface area contributed by atoms with Gasteiger partial charge in [-0.2, -0.15) is 0 Å². The molecule has 0 saturated carbocycles. The summed E-state index contributed by atoms with van der Waals surface area (Å²) >= 11 is 0. The van der Waals surface area contributed by atoms with Crippen LogP contribution in [0.5, 0.6) is 0 Å². The van der Waals surface area contributed by atoms with Crippen molar-refractivity contribution < 1.29 is 27.2 Å². The lowest BCUT2D eigenvalue weighted by molar-refractivity contribution is -0.140. The summed E-state index contributed by atoms with van der Waals surface area (Å²) in [6, 6.07) is 8.71. The third kappa shape index (κ3) is 4.24. The molecule has 1 aromatic heterocycles. The van der Waals surface area contributed by atoms with Crippen molar-refractivity contribution >= 4 is 21.7 Å². The third-order valence-corrected chi connectivity index (χ3v) is 6.50. The number of aromatic nitrogens is 1. The number of oxazole rings is 1. The number of amides is 1. The average molecular weight is 406 g/mol. The second kappa shape index (κ2) is 7.75. The molecular formula is C19H22N2O6S. The molecule has 1 fully saturated rings. The Kier molecular flexibility index (Phi) is 5.55. The van der Waals surface area contributed by atoms with Crippen molar-refractivity contribution in [1.82, 2.24) is 9.88 Å². The van der Waals surface area contributed by atoms with Crippen LogP contribution < -0.4 is 0 Å². The van der Waals surface area contributed by atoms with E-state index in [0.29, 0.717) is 12.2 Å². The monoisotopic (exact) mass is 406 g/mol. The second-order valence-electron chi connectivity index (χ2n) is 6.84. The molecule has 0 bridgehead atoms. The maximum atomic E-state index is 12.5. The Morgan fingerprint density at radius 2 is 1.96 bits per heavy atom. The zero-order valence-electron chi connectivity index (χ0n) is 15.9. The van der Waals surface area contributed by atoms with Crippen LogP contribution in [0.15, 0.2) is 34.7 Å². The van der Waals surface area contributed by atoms with E-state index < -0.39 is 33.9 Å². The zero-order chi connectivity index (χ0) is 20.5. The molecule has 0 radical (unpaired) electrons. The first-order valence-corrected chi connectivity index (χ1v) is 10.7. The fourth-order valence-corrected chi connectivity index (χ4v) is 4.88. The van der Waals surface area contributed by atoms with E-state index in [2.05, 4.69) is 4.98 Å². The average Bonchev–Trinajstić information content (AvgIpc) is 3.23. The summed E-state index contributed by atoms with van der Waals surface area (Å²) in [5.41, 5.74) is 0.723. The van der Waals surface area contributed by atoms with Gasteiger partial charge in [-0.15, -0.1) is 0 Å². The fourth-order valence-electron chi connectivity index (χ4n) is 3.10. The molecule has 0 N–H and O–H groups in total. The Hall–Kier alpha value is -2.68. The maximum absolute atomic E-state index is 12.5. The number of carbonyl (C=O) groups excluding carboxylic acids is 2. The van der Waals surface area contributed by atoms with E-state index in [1.807, 2.05) is 18.2 Å². The van der Waals surface area contributed by atoms with Gasteiger partial charge in [-0.1, -0.05) is 18.2 Å². The molecule has 2 aromatic rings. The van der Waals surface area contributed by atoms with Gasteiger partial charge in [-0.05, 0) is 32.4 Å². The number of hydrogen-bond acceptors (Lipinski definition) is 7. The van der Waals surface area contributed by atoms with Crippen LogP contribution in [0.25, 0.3) is 11.5 Å². The summed E-state index contributed by atoms with van der Waals surface area (Å²) in [6.07, 6.45) is -0.689. The van der Waals surface area contributed by atoms with Gasteiger partial charge < -0.3 is 14.1 Å². The Labute approximate surface area is 163 Å². The number of hydrogen-bond donors (Lipinski definition) is 0. The minimum atomic E-state index is -3.12. The molecule has 2 atom stereocenters. The molecule has 1 saturated heterocycles. The number of esters is 1. The highest BCUT2D eigenvalue weighted by Gasteiger charge is 2.35. The van der Waals surface area contributed by atoms with Crippen LogP contribution in [-0.4, -0.2) is 60.9 Å². The molecule has 150 valence electrons. The predicted octanol–water partition coefficient (Wildman–Crippen LogP) is 1.84. The van der Waals surface area contributed by atoms with E-state index in [9.17, 15) is 18.0 Å². The number of rotatable bonds is 5. The quantitative estimate of drug-likeness (QED) is 0.697. The van der Waals surface area contributed by atoms with Gasteiger partial charge in [0.15, 0.2) is 21.6 Å². The summed E-state index contributed by atoms with van der Waals surface area (Å²) in [4.78, 5) is 30.5. The van der Waals surface area contributed by atoms with Crippen molar-refractivity contribution in [2.45, 2.75) is 32.4 Å². The molecule has 1 amide bonds. The zero-order valence-corrected chi connectivity index (χ0v) is 16.7. The van der Waals surface area contributed by atoms with Gasteiger partial charge in [-0.25, -0.2) is 18.2 Å². The molecule has 1 aliphatic heterocycles. The van der Waals surface area contributed by atoms with Gasteiger partial charge in [0.2, 0.25) is 5.89 Å². The van der Waals surface area contributed by atoms with Gasteiger partial charge in [0.25, 0.3) is 5.91 Å². The molecule has 0 spiro atoms.